The molecule has 1 heterocycles. The van der Waals surface area contributed by atoms with Crippen molar-refractivity contribution in [3.63, 3.8) is 0 Å². The fraction of sp³-hybridized carbons (Fsp3) is 0.294. The van der Waals surface area contributed by atoms with Gasteiger partial charge in [-0.3, -0.25) is 4.79 Å². The minimum Gasteiger partial charge on any atom is -0.491 e. The van der Waals surface area contributed by atoms with Crippen molar-refractivity contribution < 1.29 is 19.1 Å². The van der Waals surface area contributed by atoms with E-state index >= 15 is 0 Å². The summed E-state index contributed by atoms with van der Waals surface area (Å²) in [5.74, 6) is -0.420. The molecule has 0 aromatic heterocycles. The quantitative estimate of drug-likeness (QED) is 0.408. The summed E-state index contributed by atoms with van der Waals surface area (Å²) in [5, 5.41) is 2.63. The lowest BCUT2D eigenvalue weighted by Gasteiger charge is -2.18. The summed E-state index contributed by atoms with van der Waals surface area (Å²) in [5.41, 5.74) is 19.4. The highest BCUT2D eigenvalue weighted by molar-refractivity contribution is 6.29. The number of benzene rings is 1. The molecular formula is C17H21ClN4O4. The van der Waals surface area contributed by atoms with Gasteiger partial charge < -0.3 is 32.0 Å². The number of hydrogen-bond donors (Lipinski definition) is 4. The summed E-state index contributed by atoms with van der Waals surface area (Å²) in [6.07, 6.45) is 1.50. The molecule has 0 bridgehead atoms. The van der Waals surface area contributed by atoms with Gasteiger partial charge in [-0.1, -0.05) is 11.6 Å². The average molecular weight is 381 g/mol. The van der Waals surface area contributed by atoms with Crippen LogP contribution in [0.25, 0.3) is 5.70 Å². The Labute approximate surface area is 155 Å². The zero-order chi connectivity index (χ0) is 19.3. The Hall–Kier alpha value is -2.71. The standard InChI is InChI=1S/C17H21ClN4O4/c1-25-17(24)9-2-3-10-12(19)7-11(16(18)21)13(20)8-15(23)22-4-5-26-14(10)6-9/h2-3,6-7,13H,4-5,8,19-21H2,1H3,(H,22,23)/b12-7?,16-11+. The first-order valence-corrected chi connectivity index (χ1v) is 8.21. The van der Waals surface area contributed by atoms with E-state index in [4.69, 9.17) is 38.3 Å². The molecule has 1 aromatic carbocycles. The van der Waals surface area contributed by atoms with E-state index < -0.39 is 12.0 Å². The van der Waals surface area contributed by atoms with Gasteiger partial charge in [-0.25, -0.2) is 4.79 Å². The zero-order valence-corrected chi connectivity index (χ0v) is 15.0. The topological polar surface area (TPSA) is 143 Å². The van der Waals surface area contributed by atoms with Crippen LogP contribution in [0.4, 0.5) is 0 Å². The first kappa shape index (κ1) is 19.6. The van der Waals surface area contributed by atoms with Crippen molar-refractivity contribution in [3.8, 4) is 5.75 Å². The van der Waals surface area contributed by atoms with Gasteiger partial charge >= 0.3 is 5.97 Å². The fourth-order valence-electron chi connectivity index (χ4n) is 2.46. The summed E-state index contributed by atoms with van der Waals surface area (Å²) < 4.78 is 10.4. The summed E-state index contributed by atoms with van der Waals surface area (Å²) in [4.78, 5) is 23.7. The van der Waals surface area contributed by atoms with Crippen LogP contribution in [0.15, 0.2) is 35.0 Å². The highest BCUT2D eigenvalue weighted by Gasteiger charge is 2.19. The molecule has 7 N–H and O–H groups in total. The lowest BCUT2D eigenvalue weighted by atomic mass is 10.0. The van der Waals surface area contributed by atoms with Crippen LogP contribution in [-0.2, 0) is 9.53 Å². The van der Waals surface area contributed by atoms with E-state index in [2.05, 4.69) is 5.32 Å². The molecule has 1 unspecified atom stereocenters. The molecule has 8 nitrogen and oxygen atoms in total. The molecule has 0 fully saturated rings. The minimum atomic E-state index is -0.718. The summed E-state index contributed by atoms with van der Waals surface area (Å²) in [6.45, 7) is 0.443. The van der Waals surface area contributed by atoms with Crippen LogP contribution in [0.3, 0.4) is 0 Å². The molecule has 1 atom stereocenters. The van der Waals surface area contributed by atoms with Crippen LogP contribution in [0, 0.1) is 0 Å². The molecule has 9 heteroatoms. The van der Waals surface area contributed by atoms with E-state index in [-0.39, 0.29) is 36.3 Å². The number of halogens is 1. The number of methoxy groups -OCH3 is 1. The number of carbonyl (C=O) groups is 2. The minimum absolute atomic E-state index is 0.000664. The van der Waals surface area contributed by atoms with Gasteiger partial charge in [-0.05, 0) is 24.3 Å². The lowest BCUT2D eigenvalue weighted by molar-refractivity contribution is -0.121. The van der Waals surface area contributed by atoms with Crippen molar-refractivity contribution in [1.82, 2.24) is 5.32 Å². The maximum atomic E-state index is 11.9. The van der Waals surface area contributed by atoms with Crippen LogP contribution in [0.1, 0.15) is 22.3 Å². The maximum absolute atomic E-state index is 11.9. The normalized spacial score (nSPS) is 20.3. The van der Waals surface area contributed by atoms with Gasteiger partial charge in [-0.15, -0.1) is 0 Å². The largest absolute Gasteiger partial charge is 0.491 e. The van der Waals surface area contributed by atoms with E-state index in [0.29, 0.717) is 22.4 Å². The number of nitrogens with two attached hydrogens (primary N) is 3. The third-order valence-corrected chi connectivity index (χ3v) is 4.01. The lowest BCUT2D eigenvalue weighted by Crippen LogP contribution is -2.35. The predicted molar refractivity (Wildman–Crippen MR) is 98.1 cm³/mol. The van der Waals surface area contributed by atoms with E-state index in [9.17, 15) is 9.59 Å². The Morgan fingerprint density at radius 2 is 2.15 bits per heavy atom. The summed E-state index contributed by atoms with van der Waals surface area (Å²) in [7, 11) is 1.29. The van der Waals surface area contributed by atoms with E-state index in [1.54, 1.807) is 12.1 Å². The first-order chi connectivity index (χ1) is 12.3. The Morgan fingerprint density at radius 3 is 2.81 bits per heavy atom. The molecular weight excluding hydrogens is 360 g/mol. The van der Waals surface area contributed by atoms with E-state index in [1.165, 1.54) is 19.3 Å². The van der Waals surface area contributed by atoms with Crippen molar-refractivity contribution in [2.24, 2.45) is 17.2 Å². The van der Waals surface area contributed by atoms with Crippen molar-refractivity contribution >= 4 is 29.2 Å². The Bertz CT molecular complexity index is 772. The monoisotopic (exact) mass is 380 g/mol. The summed E-state index contributed by atoms with van der Waals surface area (Å²) in [6, 6.07) is 3.99. The number of carbonyl (C=O) groups excluding carboxylic acids is 2. The van der Waals surface area contributed by atoms with E-state index in [1.807, 2.05) is 0 Å². The molecule has 1 aromatic rings. The number of ether oxygens (including phenoxy) is 2. The number of amides is 1. The second-order valence-electron chi connectivity index (χ2n) is 5.61. The van der Waals surface area contributed by atoms with Crippen LogP contribution >= 0.6 is 11.6 Å². The smallest absolute Gasteiger partial charge is 0.337 e. The molecule has 0 saturated heterocycles. The molecule has 0 radical (unpaired) electrons. The molecule has 1 aliphatic rings. The molecule has 2 rings (SSSR count). The first-order valence-electron chi connectivity index (χ1n) is 7.83. The average Bonchev–Trinajstić information content (AvgIpc) is 2.60. The van der Waals surface area contributed by atoms with Gasteiger partial charge in [0.05, 0.1) is 19.2 Å². The second kappa shape index (κ2) is 8.59. The van der Waals surface area contributed by atoms with Gasteiger partial charge in [0.25, 0.3) is 0 Å². The van der Waals surface area contributed by atoms with Crippen molar-refractivity contribution in [2.45, 2.75) is 12.5 Å². The number of hydrogen-bond acceptors (Lipinski definition) is 7. The van der Waals surface area contributed by atoms with Gasteiger partial charge in [0.15, 0.2) is 0 Å². The molecule has 26 heavy (non-hydrogen) atoms. The van der Waals surface area contributed by atoms with Crippen LogP contribution in [0.2, 0.25) is 0 Å². The second-order valence-corrected chi connectivity index (χ2v) is 6.02. The maximum Gasteiger partial charge on any atom is 0.337 e. The SMILES string of the molecule is COC(=O)c1ccc2c(c1)OCCNC(=O)CC(N)/C(=C(/N)Cl)C=C2N. The Balaban J connectivity index is 2.54. The third-order valence-electron chi connectivity index (χ3n) is 3.79. The third kappa shape index (κ3) is 4.68. The molecule has 1 amide bonds. The highest BCUT2D eigenvalue weighted by atomic mass is 35.5. The van der Waals surface area contributed by atoms with Crippen LogP contribution < -0.4 is 27.3 Å². The van der Waals surface area contributed by atoms with Gasteiger partial charge in [-0.2, -0.15) is 0 Å². The molecule has 0 saturated carbocycles. The van der Waals surface area contributed by atoms with Crippen LogP contribution in [-0.4, -0.2) is 38.2 Å². The highest BCUT2D eigenvalue weighted by Crippen LogP contribution is 2.27. The van der Waals surface area contributed by atoms with Gasteiger partial charge in [0.2, 0.25) is 5.91 Å². The zero-order valence-electron chi connectivity index (χ0n) is 14.3. The molecule has 0 spiro atoms. The summed E-state index contributed by atoms with van der Waals surface area (Å²) >= 11 is 5.92. The van der Waals surface area contributed by atoms with E-state index in [0.717, 1.165) is 0 Å². The Morgan fingerprint density at radius 1 is 1.42 bits per heavy atom. The molecule has 140 valence electrons. The van der Waals surface area contributed by atoms with Crippen molar-refractivity contribution in [1.29, 1.82) is 0 Å². The van der Waals surface area contributed by atoms with Crippen molar-refractivity contribution in [2.75, 3.05) is 20.3 Å². The number of nitrogens with one attached hydrogen (secondary N) is 1. The molecule has 0 aliphatic carbocycles. The van der Waals surface area contributed by atoms with Gasteiger partial charge in [0, 0.05) is 29.3 Å². The number of esters is 1. The van der Waals surface area contributed by atoms with Gasteiger partial charge in [0.1, 0.15) is 17.5 Å². The number of fused-ring (bicyclic) bond motifs is 1. The van der Waals surface area contributed by atoms with Crippen molar-refractivity contribution in [3.05, 3.63) is 46.1 Å². The Kier molecular flexibility index (Phi) is 6.48. The predicted octanol–water partition coefficient (Wildman–Crippen LogP) is 0.408. The fourth-order valence-corrected chi connectivity index (χ4v) is 2.65. The molecule has 1 aliphatic heterocycles. The number of rotatable bonds is 1. The van der Waals surface area contributed by atoms with Crippen LogP contribution in [0.5, 0.6) is 5.75 Å².